The highest BCUT2D eigenvalue weighted by Gasteiger charge is 2.37. The number of ether oxygens (including phenoxy) is 1. The second-order valence-electron chi connectivity index (χ2n) is 5.24. The Morgan fingerprint density at radius 3 is 2.68 bits per heavy atom. The average molecular weight is 264 g/mol. The normalized spacial score (nSPS) is 26.4. The molecule has 19 heavy (non-hydrogen) atoms. The lowest BCUT2D eigenvalue weighted by Crippen LogP contribution is -2.41. The maximum absolute atomic E-state index is 5.67. The van der Waals surface area contributed by atoms with Crippen LogP contribution in [0.1, 0.15) is 39.7 Å². The van der Waals surface area contributed by atoms with Gasteiger partial charge in [-0.3, -0.25) is 0 Å². The molecule has 1 aromatic rings. The summed E-state index contributed by atoms with van der Waals surface area (Å²) in [6.45, 7) is 10.2. The molecule has 2 rings (SSSR count). The first kappa shape index (κ1) is 14.1. The smallest absolute Gasteiger partial charge is 0.135 e. The number of hydrogen-bond donors (Lipinski definition) is 2. The summed E-state index contributed by atoms with van der Waals surface area (Å²) in [5, 5.41) is 6.86. The second kappa shape index (κ2) is 5.74. The summed E-state index contributed by atoms with van der Waals surface area (Å²) in [4.78, 5) is 8.74. The monoisotopic (exact) mass is 264 g/mol. The lowest BCUT2D eigenvalue weighted by molar-refractivity contribution is 0.105. The van der Waals surface area contributed by atoms with Crippen LogP contribution in [0.3, 0.4) is 0 Å². The Kier molecular flexibility index (Phi) is 4.24. The van der Waals surface area contributed by atoms with Gasteiger partial charge in [-0.05, 0) is 33.6 Å². The molecule has 1 aliphatic rings. The predicted molar refractivity (Wildman–Crippen MR) is 77.6 cm³/mol. The van der Waals surface area contributed by atoms with E-state index in [0.29, 0.717) is 0 Å². The highest BCUT2D eigenvalue weighted by atomic mass is 16.5. The molecule has 1 aliphatic heterocycles. The predicted octanol–water partition coefficient (Wildman–Crippen LogP) is 2.45. The number of nitrogens with zero attached hydrogens (tertiary/aromatic N) is 2. The van der Waals surface area contributed by atoms with Crippen molar-refractivity contribution < 1.29 is 4.74 Å². The van der Waals surface area contributed by atoms with Gasteiger partial charge in [-0.25, -0.2) is 9.97 Å². The van der Waals surface area contributed by atoms with Gasteiger partial charge in [0.25, 0.3) is 0 Å². The zero-order valence-electron chi connectivity index (χ0n) is 12.3. The first-order chi connectivity index (χ1) is 9.10. The summed E-state index contributed by atoms with van der Waals surface area (Å²) in [7, 11) is 0. The summed E-state index contributed by atoms with van der Waals surface area (Å²) in [6, 6.07) is 0. The van der Waals surface area contributed by atoms with Crippen LogP contribution in [0, 0.1) is 0 Å². The first-order valence-corrected chi connectivity index (χ1v) is 7.08. The Morgan fingerprint density at radius 2 is 2.11 bits per heavy atom. The molecule has 0 aliphatic carbocycles. The fourth-order valence-electron chi connectivity index (χ4n) is 2.44. The molecular formula is C14H24N4O. The Balaban J connectivity index is 2.27. The van der Waals surface area contributed by atoms with Gasteiger partial charge in [0.1, 0.15) is 18.0 Å². The van der Waals surface area contributed by atoms with Gasteiger partial charge in [-0.2, -0.15) is 0 Å². The molecule has 2 atom stereocenters. The van der Waals surface area contributed by atoms with Gasteiger partial charge in [-0.15, -0.1) is 0 Å². The summed E-state index contributed by atoms with van der Waals surface area (Å²) in [5.74, 6) is 1.85. The van der Waals surface area contributed by atoms with E-state index in [1.54, 1.807) is 6.33 Å². The van der Waals surface area contributed by atoms with Crippen LogP contribution in [0.2, 0.25) is 0 Å². The van der Waals surface area contributed by atoms with Crippen LogP contribution in [0.15, 0.2) is 6.33 Å². The van der Waals surface area contributed by atoms with Crippen LogP contribution in [0.25, 0.3) is 0 Å². The zero-order valence-corrected chi connectivity index (χ0v) is 12.3. The standard InChI is InChI=1S/C14H24N4O/c1-5-11-12(15-6-2)16-9-17-13(11)18-14(4)7-8-19-10(14)3/h9-10H,5-8H2,1-4H3,(H2,15,16,17,18). The van der Waals surface area contributed by atoms with Gasteiger partial charge in [0.2, 0.25) is 0 Å². The van der Waals surface area contributed by atoms with Crippen LogP contribution < -0.4 is 10.6 Å². The van der Waals surface area contributed by atoms with Crippen LogP contribution >= 0.6 is 0 Å². The number of hydrogen-bond acceptors (Lipinski definition) is 5. The molecule has 2 N–H and O–H groups in total. The van der Waals surface area contributed by atoms with Crippen molar-refractivity contribution in [2.45, 2.75) is 52.2 Å². The molecular weight excluding hydrogens is 240 g/mol. The third kappa shape index (κ3) is 2.81. The minimum Gasteiger partial charge on any atom is -0.376 e. The van der Waals surface area contributed by atoms with E-state index >= 15 is 0 Å². The number of anilines is 2. The summed E-state index contributed by atoms with van der Waals surface area (Å²) in [5.41, 5.74) is 1.09. The van der Waals surface area contributed by atoms with E-state index in [4.69, 9.17) is 4.74 Å². The maximum Gasteiger partial charge on any atom is 0.135 e. The SMILES string of the molecule is CCNc1ncnc(NC2(C)CCOC2C)c1CC. The molecule has 0 bridgehead atoms. The summed E-state index contributed by atoms with van der Waals surface area (Å²) in [6.07, 6.45) is 3.70. The van der Waals surface area contributed by atoms with E-state index in [9.17, 15) is 0 Å². The third-order valence-electron chi connectivity index (χ3n) is 3.93. The van der Waals surface area contributed by atoms with Gasteiger partial charge >= 0.3 is 0 Å². The Hall–Kier alpha value is -1.36. The molecule has 0 amide bonds. The minimum absolute atomic E-state index is 0.0538. The van der Waals surface area contributed by atoms with Gasteiger partial charge in [-0.1, -0.05) is 6.92 Å². The molecule has 0 aromatic carbocycles. The van der Waals surface area contributed by atoms with Crippen LogP contribution in [-0.2, 0) is 11.2 Å². The number of rotatable bonds is 5. The molecule has 0 saturated carbocycles. The van der Waals surface area contributed by atoms with E-state index < -0.39 is 0 Å². The molecule has 1 saturated heterocycles. The van der Waals surface area contributed by atoms with E-state index in [1.165, 1.54) is 0 Å². The largest absolute Gasteiger partial charge is 0.376 e. The quantitative estimate of drug-likeness (QED) is 0.855. The highest BCUT2D eigenvalue weighted by Crippen LogP contribution is 2.31. The lowest BCUT2D eigenvalue weighted by atomic mass is 9.94. The fourth-order valence-corrected chi connectivity index (χ4v) is 2.44. The highest BCUT2D eigenvalue weighted by molar-refractivity contribution is 5.58. The van der Waals surface area contributed by atoms with Crippen LogP contribution in [0.5, 0.6) is 0 Å². The Bertz CT molecular complexity index is 437. The molecule has 1 fully saturated rings. The fraction of sp³-hybridized carbons (Fsp3) is 0.714. The van der Waals surface area contributed by atoms with Crippen molar-refractivity contribution in [3.63, 3.8) is 0 Å². The van der Waals surface area contributed by atoms with Crippen molar-refractivity contribution >= 4 is 11.6 Å². The first-order valence-electron chi connectivity index (χ1n) is 7.08. The van der Waals surface area contributed by atoms with E-state index in [0.717, 1.165) is 43.2 Å². The molecule has 106 valence electrons. The van der Waals surface area contributed by atoms with E-state index in [-0.39, 0.29) is 11.6 Å². The Labute approximate surface area is 115 Å². The molecule has 0 spiro atoms. The third-order valence-corrected chi connectivity index (χ3v) is 3.93. The number of nitrogens with one attached hydrogen (secondary N) is 2. The van der Waals surface area contributed by atoms with E-state index in [1.807, 2.05) is 0 Å². The van der Waals surface area contributed by atoms with E-state index in [2.05, 4.69) is 48.3 Å². The van der Waals surface area contributed by atoms with Gasteiger partial charge < -0.3 is 15.4 Å². The van der Waals surface area contributed by atoms with Gasteiger partial charge in [0.05, 0.1) is 11.6 Å². The zero-order chi connectivity index (χ0) is 13.9. The van der Waals surface area contributed by atoms with Crippen molar-refractivity contribution in [2.75, 3.05) is 23.8 Å². The van der Waals surface area contributed by atoms with Crippen molar-refractivity contribution in [3.8, 4) is 0 Å². The van der Waals surface area contributed by atoms with Crippen molar-refractivity contribution in [1.82, 2.24) is 9.97 Å². The molecule has 5 nitrogen and oxygen atoms in total. The molecule has 1 aromatic heterocycles. The molecule has 5 heteroatoms. The van der Waals surface area contributed by atoms with Gasteiger partial charge in [0.15, 0.2) is 0 Å². The Morgan fingerprint density at radius 1 is 1.37 bits per heavy atom. The summed E-state index contributed by atoms with van der Waals surface area (Å²) < 4.78 is 5.67. The van der Waals surface area contributed by atoms with Crippen molar-refractivity contribution in [3.05, 3.63) is 11.9 Å². The summed E-state index contributed by atoms with van der Waals surface area (Å²) >= 11 is 0. The second-order valence-corrected chi connectivity index (χ2v) is 5.24. The molecule has 2 heterocycles. The minimum atomic E-state index is -0.0538. The van der Waals surface area contributed by atoms with Crippen molar-refractivity contribution in [2.24, 2.45) is 0 Å². The molecule has 2 unspecified atom stereocenters. The molecule has 0 radical (unpaired) electrons. The maximum atomic E-state index is 5.67. The van der Waals surface area contributed by atoms with Crippen molar-refractivity contribution in [1.29, 1.82) is 0 Å². The lowest BCUT2D eigenvalue weighted by Gasteiger charge is -2.30. The topological polar surface area (TPSA) is 59.1 Å². The average Bonchev–Trinajstić information content (AvgIpc) is 2.70. The van der Waals surface area contributed by atoms with Crippen LogP contribution in [0.4, 0.5) is 11.6 Å². The number of aromatic nitrogens is 2. The van der Waals surface area contributed by atoms with Gasteiger partial charge in [0, 0.05) is 18.7 Å². The van der Waals surface area contributed by atoms with Crippen LogP contribution in [-0.4, -0.2) is 34.8 Å².